The Hall–Kier alpha value is -1.10. The molecule has 0 bridgehead atoms. The average molecular weight is 399 g/mol. The molecular formula is C21H24BBrO2. The number of fused-ring (bicyclic) bond motifs is 3. The lowest BCUT2D eigenvalue weighted by Gasteiger charge is -2.32. The Balaban J connectivity index is 1.84. The molecule has 1 saturated heterocycles. The van der Waals surface area contributed by atoms with Gasteiger partial charge in [-0.25, -0.2) is 0 Å². The zero-order chi connectivity index (χ0) is 18.2. The van der Waals surface area contributed by atoms with Gasteiger partial charge < -0.3 is 9.31 Å². The first-order chi connectivity index (χ1) is 11.5. The second kappa shape index (κ2) is 5.22. The highest BCUT2D eigenvalue weighted by atomic mass is 79.9. The molecule has 1 heterocycles. The maximum absolute atomic E-state index is 6.28. The van der Waals surface area contributed by atoms with E-state index in [1.165, 1.54) is 22.3 Å². The lowest BCUT2D eigenvalue weighted by Crippen LogP contribution is -2.41. The lowest BCUT2D eigenvalue weighted by molar-refractivity contribution is 0.00578. The third-order valence-corrected chi connectivity index (χ3v) is 6.89. The molecule has 2 aromatic rings. The van der Waals surface area contributed by atoms with E-state index in [4.69, 9.17) is 9.31 Å². The monoisotopic (exact) mass is 398 g/mol. The van der Waals surface area contributed by atoms with E-state index in [1.807, 2.05) is 0 Å². The van der Waals surface area contributed by atoms with E-state index in [0.717, 1.165) is 9.94 Å². The van der Waals surface area contributed by atoms with Gasteiger partial charge in [-0.15, -0.1) is 0 Å². The quantitative estimate of drug-likeness (QED) is 0.625. The minimum atomic E-state index is -0.357. The number of halogens is 1. The van der Waals surface area contributed by atoms with Gasteiger partial charge in [0, 0.05) is 9.89 Å². The van der Waals surface area contributed by atoms with Crippen molar-refractivity contribution in [3.8, 4) is 11.1 Å². The van der Waals surface area contributed by atoms with E-state index < -0.39 is 0 Å². The molecule has 1 aliphatic carbocycles. The SMILES string of the molecule is CC1(C)c2ccccc2-c2cc(Br)c(B3OC(C)(C)C(C)(C)O3)cc21. The molecule has 25 heavy (non-hydrogen) atoms. The molecule has 0 atom stereocenters. The lowest BCUT2D eigenvalue weighted by atomic mass is 9.74. The summed E-state index contributed by atoms with van der Waals surface area (Å²) in [5.74, 6) is 0. The van der Waals surface area contributed by atoms with Crippen molar-refractivity contribution in [1.29, 1.82) is 0 Å². The van der Waals surface area contributed by atoms with Crippen LogP contribution in [0.2, 0.25) is 0 Å². The molecular weight excluding hydrogens is 375 g/mol. The predicted molar refractivity (Wildman–Crippen MR) is 107 cm³/mol. The van der Waals surface area contributed by atoms with Crippen molar-refractivity contribution in [1.82, 2.24) is 0 Å². The van der Waals surface area contributed by atoms with E-state index in [0.29, 0.717) is 0 Å². The van der Waals surface area contributed by atoms with Crippen molar-refractivity contribution >= 4 is 28.5 Å². The van der Waals surface area contributed by atoms with Crippen LogP contribution < -0.4 is 5.46 Å². The highest BCUT2D eigenvalue weighted by Crippen LogP contribution is 2.49. The van der Waals surface area contributed by atoms with Crippen LogP contribution in [-0.2, 0) is 14.7 Å². The Morgan fingerprint density at radius 1 is 0.800 bits per heavy atom. The fraction of sp³-hybridized carbons (Fsp3) is 0.429. The van der Waals surface area contributed by atoms with Crippen LogP contribution in [0.3, 0.4) is 0 Å². The Bertz CT molecular complexity index is 854. The highest BCUT2D eigenvalue weighted by Gasteiger charge is 2.52. The fourth-order valence-electron chi connectivity index (χ4n) is 3.89. The van der Waals surface area contributed by atoms with Crippen LogP contribution in [0.5, 0.6) is 0 Å². The number of hydrogen-bond acceptors (Lipinski definition) is 2. The van der Waals surface area contributed by atoms with Crippen LogP contribution in [-0.4, -0.2) is 18.3 Å². The normalized spacial score (nSPS) is 22.0. The Morgan fingerprint density at radius 3 is 2.04 bits per heavy atom. The second-order valence-electron chi connectivity index (χ2n) is 8.68. The molecule has 1 fully saturated rings. The van der Waals surface area contributed by atoms with Gasteiger partial charge in [0.15, 0.2) is 0 Å². The maximum atomic E-state index is 6.28. The van der Waals surface area contributed by atoms with Gasteiger partial charge in [-0.3, -0.25) is 0 Å². The zero-order valence-corrected chi connectivity index (χ0v) is 17.3. The number of benzene rings is 2. The molecule has 1 aliphatic heterocycles. The Morgan fingerprint density at radius 2 is 1.40 bits per heavy atom. The van der Waals surface area contributed by atoms with Gasteiger partial charge in [-0.2, -0.15) is 0 Å². The van der Waals surface area contributed by atoms with Crippen LogP contribution in [0.4, 0.5) is 0 Å². The van der Waals surface area contributed by atoms with Crippen LogP contribution in [0.15, 0.2) is 40.9 Å². The summed E-state index contributed by atoms with van der Waals surface area (Å²) in [6.07, 6.45) is 0. The summed E-state index contributed by atoms with van der Waals surface area (Å²) in [5, 5.41) is 0. The van der Waals surface area contributed by atoms with Crippen molar-refractivity contribution in [3.05, 3.63) is 52.0 Å². The highest BCUT2D eigenvalue weighted by molar-refractivity contribution is 9.10. The molecule has 2 nitrogen and oxygen atoms in total. The summed E-state index contributed by atoms with van der Waals surface area (Å²) in [6.45, 7) is 12.9. The largest absolute Gasteiger partial charge is 0.496 e. The van der Waals surface area contributed by atoms with Crippen molar-refractivity contribution in [2.75, 3.05) is 0 Å². The molecule has 0 aromatic heterocycles. The minimum absolute atomic E-state index is 0.0228. The molecule has 2 aromatic carbocycles. The zero-order valence-electron chi connectivity index (χ0n) is 15.7. The second-order valence-corrected chi connectivity index (χ2v) is 9.53. The van der Waals surface area contributed by atoms with E-state index in [1.54, 1.807) is 0 Å². The van der Waals surface area contributed by atoms with Gasteiger partial charge >= 0.3 is 7.12 Å². The standard InChI is InChI=1S/C21H24BBrO2/c1-19(2)15-10-8-7-9-13(15)14-11-18(23)17(12-16(14)19)22-24-20(3,4)21(5,6)25-22/h7-12H,1-6H3. The van der Waals surface area contributed by atoms with Crippen LogP contribution in [0.25, 0.3) is 11.1 Å². The van der Waals surface area contributed by atoms with E-state index >= 15 is 0 Å². The molecule has 4 rings (SSSR count). The summed E-state index contributed by atoms with van der Waals surface area (Å²) in [7, 11) is -0.357. The first kappa shape index (κ1) is 17.3. The van der Waals surface area contributed by atoms with Crippen LogP contribution in [0, 0.1) is 0 Å². The summed E-state index contributed by atoms with van der Waals surface area (Å²) in [5.41, 5.74) is 5.70. The van der Waals surface area contributed by atoms with Gasteiger partial charge in [0.1, 0.15) is 0 Å². The molecule has 0 amide bonds. The molecule has 4 heteroatoms. The predicted octanol–water partition coefficient (Wildman–Crippen LogP) is 5.05. The van der Waals surface area contributed by atoms with Gasteiger partial charge in [-0.05, 0) is 61.5 Å². The van der Waals surface area contributed by atoms with Gasteiger partial charge in [0.25, 0.3) is 0 Å². The van der Waals surface area contributed by atoms with E-state index in [2.05, 4.69) is 93.9 Å². The van der Waals surface area contributed by atoms with Crippen molar-refractivity contribution < 1.29 is 9.31 Å². The van der Waals surface area contributed by atoms with Crippen LogP contribution >= 0.6 is 15.9 Å². The van der Waals surface area contributed by atoms with Crippen molar-refractivity contribution in [2.45, 2.75) is 58.2 Å². The third kappa shape index (κ3) is 2.38. The molecule has 0 spiro atoms. The smallest absolute Gasteiger partial charge is 0.399 e. The molecule has 2 aliphatic rings. The summed E-state index contributed by atoms with van der Waals surface area (Å²) < 4.78 is 13.6. The Kier molecular flexibility index (Phi) is 3.61. The first-order valence-corrected chi connectivity index (χ1v) is 9.63. The van der Waals surface area contributed by atoms with Crippen LogP contribution in [0.1, 0.15) is 52.7 Å². The van der Waals surface area contributed by atoms with Gasteiger partial charge in [0.05, 0.1) is 11.2 Å². The van der Waals surface area contributed by atoms with E-state index in [-0.39, 0.29) is 23.7 Å². The van der Waals surface area contributed by atoms with Gasteiger partial charge in [-0.1, -0.05) is 60.1 Å². The summed E-state index contributed by atoms with van der Waals surface area (Å²) in [4.78, 5) is 0. The summed E-state index contributed by atoms with van der Waals surface area (Å²) >= 11 is 3.76. The number of rotatable bonds is 1. The van der Waals surface area contributed by atoms with Crippen molar-refractivity contribution in [2.24, 2.45) is 0 Å². The fourth-order valence-corrected chi connectivity index (χ4v) is 4.42. The maximum Gasteiger partial charge on any atom is 0.496 e. The molecule has 130 valence electrons. The number of hydrogen-bond donors (Lipinski definition) is 0. The average Bonchev–Trinajstić information content (AvgIpc) is 2.87. The summed E-state index contributed by atoms with van der Waals surface area (Å²) in [6, 6.07) is 13.2. The van der Waals surface area contributed by atoms with Gasteiger partial charge in [0.2, 0.25) is 0 Å². The molecule has 0 unspecified atom stereocenters. The van der Waals surface area contributed by atoms with E-state index in [9.17, 15) is 0 Å². The molecule has 0 N–H and O–H groups in total. The topological polar surface area (TPSA) is 18.5 Å². The Labute approximate surface area is 159 Å². The third-order valence-electron chi connectivity index (χ3n) is 6.21. The first-order valence-electron chi connectivity index (χ1n) is 8.84. The minimum Gasteiger partial charge on any atom is -0.399 e. The van der Waals surface area contributed by atoms with Crippen molar-refractivity contribution in [3.63, 3.8) is 0 Å². The molecule has 0 saturated carbocycles. The molecule has 0 radical (unpaired) electrons.